The largest absolute Gasteiger partial charge is 0.310 e. The zero-order valence-electron chi connectivity index (χ0n) is 12.4. The molecule has 0 saturated carbocycles. The summed E-state index contributed by atoms with van der Waals surface area (Å²) in [7, 11) is 2.04. The average Bonchev–Trinajstić information content (AvgIpc) is 2.36. The number of nitrogens with zero attached hydrogens (tertiary/aromatic N) is 2. The molecule has 1 aromatic rings. The highest BCUT2D eigenvalue weighted by Crippen LogP contribution is 2.29. The molecule has 0 fully saturated rings. The van der Waals surface area contributed by atoms with E-state index < -0.39 is 0 Å². The molecule has 0 aromatic carbocycles. The second-order valence-corrected chi connectivity index (χ2v) is 5.48. The van der Waals surface area contributed by atoms with Gasteiger partial charge in [0.25, 0.3) is 0 Å². The maximum atomic E-state index is 4.27. The molecule has 0 radical (unpaired) electrons. The summed E-state index contributed by atoms with van der Waals surface area (Å²) >= 11 is 0. The molecule has 0 saturated heterocycles. The van der Waals surface area contributed by atoms with Crippen LogP contribution in [0.1, 0.15) is 61.5 Å². The van der Waals surface area contributed by atoms with Crippen LogP contribution >= 0.6 is 0 Å². The monoisotopic (exact) mass is 259 g/mol. The van der Waals surface area contributed by atoms with E-state index in [-0.39, 0.29) is 0 Å². The van der Waals surface area contributed by atoms with Crippen molar-refractivity contribution in [1.29, 1.82) is 0 Å². The maximum Gasteiger partial charge on any atom is 0.0651 e. The lowest BCUT2D eigenvalue weighted by Crippen LogP contribution is -2.21. The van der Waals surface area contributed by atoms with Gasteiger partial charge in [0, 0.05) is 0 Å². The summed E-state index contributed by atoms with van der Waals surface area (Å²) in [5, 5.41) is 11.9. The first-order valence-corrected chi connectivity index (χ1v) is 7.39. The van der Waals surface area contributed by atoms with Crippen LogP contribution in [-0.4, -0.2) is 17.2 Å². The molecule has 104 valence electrons. The molecule has 0 aliphatic heterocycles. The molecular formula is C16H25N3. The lowest BCUT2D eigenvalue weighted by molar-refractivity contribution is 0.570. The van der Waals surface area contributed by atoms with Crippen LogP contribution in [0.2, 0.25) is 0 Å². The van der Waals surface area contributed by atoms with Gasteiger partial charge in [0.1, 0.15) is 0 Å². The summed E-state index contributed by atoms with van der Waals surface area (Å²) in [4.78, 5) is 0. The number of rotatable bonds is 3. The van der Waals surface area contributed by atoms with Crippen molar-refractivity contribution in [2.45, 2.75) is 58.4 Å². The fourth-order valence-corrected chi connectivity index (χ4v) is 2.88. The van der Waals surface area contributed by atoms with E-state index in [1.807, 2.05) is 14.0 Å². The zero-order valence-corrected chi connectivity index (χ0v) is 12.4. The van der Waals surface area contributed by atoms with Crippen LogP contribution in [-0.2, 0) is 0 Å². The van der Waals surface area contributed by atoms with Gasteiger partial charge in [-0.05, 0) is 58.2 Å². The number of aromatic nitrogens is 2. The number of aryl methyl sites for hydroxylation is 2. The van der Waals surface area contributed by atoms with Gasteiger partial charge in [0.2, 0.25) is 0 Å². The maximum absolute atomic E-state index is 4.27. The third-order valence-corrected chi connectivity index (χ3v) is 3.94. The summed E-state index contributed by atoms with van der Waals surface area (Å²) in [6, 6.07) is 2.47. The third kappa shape index (κ3) is 3.63. The molecular weight excluding hydrogens is 234 g/mol. The van der Waals surface area contributed by atoms with Gasteiger partial charge >= 0.3 is 0 Å². The van der Waals surface area contributed by atoms with Crippen LogP contribution in [0, 0.1) is 13.8 Å². The van der Waals surface area contributed by atoms with Gasteiger partial charge < -0.3 is 5.32 Å². The van der Waals surface area contributed by atoms with Gasteiger partial charge in [-0.15, -0.1) is 0 Å². The van der Waals surface area contributed by atoms with Gasteiger partial charge in [0.05, 0.1) is 17.4 Å². The first kappa shape index (κ1) is 14.2. The lowest BCUT2D eigenvalue weighted by Gasteiger charge is -2.23. The van der Waals surface area contributed by atoms with Crippen LogP contribution < -0.4 is 5.32 Å². The minimum absolute atomic E-state index is 0.298. The summed E-state index contributed by atoms with van der Waals surface area (Å²) in [5.41, 5.74) is 4.83. The average molecular weight is 259 g/mol. The molecule has 3 heteroatoms. The van der Waals surface area contributed by atoms with Crippen molar-refractivity contribution in [2.75, 3.05) is 7.05 Å². The Morgan fingerprint density at radius 2 is 1.89 bits per heavy atom. The molecule has 19 heavy (non-hydrogen) atoms. The SMILES string of the molecule is CNC(/C1=C/CCCCCC1)c1cc(C)nnc1C. The van der Waals surface area contributed by atoms with Crippen molar-refractivity contribution in [3.05, 3.63) is 34.7 Å². The van der Waals surface area contributed by atoms with E-state index in [2.05, 4.69) is 34.6 Å². The standard InChI is InChI=1S/C16H25N3/c1-12-11-15(13(2)19-18-12)16(17-3)14-9-7-5-4-6-8-10-14/h9,11,16-17H,4-8,10H2,1-3H3/b14-9+. The Morgan fingerprint density at radius 1 is 1.11 bits per heavy atom. The highest BCUT2D eigenvalue weighted by molar-refractivity contribution is 5.31. The minimum Gasteiger partial charge on any atom is -0.310 e. The molecule has 0 spiro atoms. The summed E-state index contributed by atoms with van der Waals surface area (Å²) < 4.78 is 0. The van der Waals surface area contributed by atoms with E-state index in [9.17, 15) is 0 Å². The van der Waals surface area contributed by atoms with Crippen LogP contribution in [0.3, 0.4) is 0 Å². The van der Waals surface area contributed by atoms with Gasteiger partial charge in [-0.1, -0.05) is 24.5 Å². The van der Waals surface area contributed by atoms with Gasteiger partial charge in [-0.3, -0.25) is 0 Å². The van der Waals surface area contributed by atoms with Crippen molar-refractivity contribution >= 4 is 0 Å². The number of likely N-dealkylation sites (N-methyl/N-ethyl adjacent to an activating group) is 1. The second kappa shape index (κ2) is 6.80. The van der Waals surface area contributed by atoms with Gasteiger partial charge in [-0.2, -0.15) is 10.2 Å². The Balaban J connectivity index is 2.29. The Kier molecular flexibility index (Phi) is 5.08. The van der Waals surface area contributed by atoms with Crippen molar-refractivity contribution in [1.82, 2.24) is 15.5 Å². The van der Waals surface area contributed by atoms with E-state index in [0.717, 1.165) is 11.4 Å². The highest BCUT2D eigenvalue weighted by Gasteiger charge is 2.18. The van der Waals surface area contributed by atoms with E-state index in [4.69, 9.17) is 0 Å². The Bertz CT molecular complexity index is 451. The Morgan fingerprint density at radius 3 is 2.68 bits per heavy atom. The minimum atomic E-state index is 0.298. The number of allylic oxidation sites excluding steroid dienone is 1. The second-order valence-electron chi connectivity index (χ2n) is 5.48. The van der Waals surface area contributed by atoms with Crippen LogP contribution in [0.25, 0.3) is 0 Å². The molecule has 1 N–H and O–H groups in total. The molecule has 0 amide bonds. The molecule has 1 aliphatic rings. The Hall–Kier alpha value is -1.22. The lowest BCUT2D eigenvalue weighted by atomic mass is 9.90. The number of hydrogen-bond donors (Lipinski definition) is 1. The van der Waals surface area contributed by atoms with Crippen molar-refractivity contribution in [3.63, 3.8) is 0 Å². The topological polar surface area (TPSA) is 37.8 Å². The number of hydrogen-bond acceptors (Lipinski definition) is 3. The smallest absolute Gasteiger partial charge is 0.0651 e. The molecule has 2 rings (SSSR count). The summed E-state index contributed by atoms with van der Waals surface area (Å²) in [6.07, 6.45) is 10.2. The quantitative estimate of drug-likeness (QED) is 0.842. The third-order valence-electron chi connectivity index (χ3n) is 3.94. The normalized spacial score (nSPS) is 21.1. The van der Waals surface area contributed by atoms with Crippen molar-refractivity contribution < 1.29 is 0 Å². The van der Waals surface area contributed by atoms with Crippen LogP contribution in [0.15, 0.2) is 17.7 Å². The fraction of sp³-hybridized carbons (Fsp3) is 0.625. The molecule has 1 unspecified atom stereocenters. The molecule has 1 atom stereocenters. The predicted octanol–water partition coefficient (Wildman–Crippen LogP) is 3.63. The van der Waals surface area contributed by atoms with E-state index >= 15 is 0 Å². The van der Waals surface area contributed by atoms with E-state index in [1.54, 1.807) is 0 Å². The van der Waals surface area contributed by atoms with Crippen molar-refractivity contribution in [2.24, 2.45) is 0 Å². The van der Waals surface area contributed by atoms with Crippen molar-refractivity contribution in [3.8, 4) is 0 Å². The van der Waals surface area contributed by atoms with E-state index in [1.165, 1.54) is 49.7 Å². The first-order chi connectivity index (χ1) is 9.22. The summed E-state index contributed by atoms with van der Waals surface area (Å²) in [6.45, 7) is 4.06. The predicted molar refractivity (Wildman–Crippen MR) is 79.1 cm³/mol. The number of nitrogens with one attached hydrogen (secondary N) is 1. The highest BCUT2D eigenvalue weighted by atomic mass is 15.1. The molecule has 1 aromatic heterocycles. The summed E-state index contributed by atoms with van der Waals surface area (Å²) in [5.74, 6) is 0. The molecule has 3 nitrogen and oxygen atoms in total. The molecule has 0 bridgehead atoms. The van der Waals surface area contributed by atoms with Gasteiger partial charge in [-0.25, -0.2) is 0 Å². The molecule has 1 aliphatic carbocycles. The van der Waals surface area contributed by atoms with Crippen LogP contribution in [0.4, 0.5) is 0 Å². The molecule has 1 heterocycles. The zero-order chi connectivity index (χ0) is 13.7. The van der Waals surface area contributed by atoms with E-state index in [0.29, 0.717) is 6.04 Å². The first-order valence-electron chi connectivity index (χ1n) is 7.39. The van der Waals surface area contributed by atoms with Gasteiger partial charge in [0.15, 0.2) is 0 Å². The fourth-order valence-electron chi connectivity index (χ4n) is 2.88. The Labute approximate surface area is 116 Å². The van der Waals surface area contributed by atoms with Crippen LogP contribution in [0.5, 0.6) is 0 Å².